The molecule has 2 rings (SSSR count). The van der Waals surface area contributed by atoms with E-state index in [4.69, 9.17) is 15.2 Å². The second-order valence-electron chi connectivity index (χ2n) is 4.91. The quantitative estimate of drug-likeness (QED) is 0.788. The van der Waals surface area contributed by atoms with Crippen molar-refractivity contribution in [3.63, 3.8) is 0 Å². The molecule has 0 aliphatic carbocycles. The van der Waals surface area contributed by atoms with Crippen LogP contribution in [0.15, 0.2) is 18.2 Å². The maximum Gasteiger partial charge on any atom is 0.121 e. The topological polar surface area (TPSA) is 59.8 Å². The monoisotopic (exact) mass is 265 g/mol. The van der Waals surface area contributed by atoms with Crippen LogP contribution in [0.25, 0.3) is 0 Å². The van der Waals surface area contributed by atoms with Crippen LogP contribution in [-0.4, -0.2) is 50.9 Å². The summed E-state index contributed by atoms with van der Waals surface area (Å²) in [7, 11) is 1.66. The fourth-order valence-electron chi connectivity index (χ4n) is 2.27. The van der Waals surface area contributed by atoms with Gasteiger partial charge in [0, 0.05) is 31.7 Å². The molecule has 0 aromatic heterocycles. The maximum atomic E-state index is 5.97. The van der Waals surface area contributed by atoms with Crippen LogP contribution in [0.1, 0.15) is 6.92 Å². The molecule has 1 unspecified atom stereocenters. The Balaban J connectivity index is 1.92. The van der Waals surface area contributed by atoms with Gasteiger partial charge in [-0.15, -0.1) is 0 Å². The van der Waals surface area contributed by atoms with E-state index in [1.807, 2.05) is 18.2 Å². The number of hydrogen-bond acceptors (Lipinski definition) is 5. The summed E-state index contributed by atoms with van der Waals surface area (Å²) in [5.41, 5.74) is 7.65. The minimum atomic E-state index is 0.326. The molecule has 3 N–H and O–H groups in total. The lowest BCUT2D eigenvalue weighted by Crippen LogP contribution is -2.42. The third kappa shape index (κ3) is 4.01. The van der Waals surface area contributed by atoms with Gasteiger partial charge in [-0.05, 0) is 19.1 Å². The molecule has 106 valence electrons. The minimum Gasteiger partial charge on any atom is -0.497 e. The van der Waals surface area contributed by atoms with Crippen molar-refractivity contribution in [2.75, 3.05) is 51.0 Å². The zero-order valence-electron chi connectivity index (χ0n) is 11.7. The first-order valence-corrected chi connectivity index (χ1v) is 6.69. The molecule has 0 radical (unpaired) electrons. The van der Waals surface area contributed by atoms with Gasteiger partial charge in [0.15, 0.2) is 0 Å². The summed E-state index contributed by atoms with van der Waals surface area (Å²) < 4.78 is 10.6. The van der Waals surface area contributed by atoms with Gasteiger partial charge >= 0.3 is 0 Å². The van der Waals surface area contributed by atoms with Gasteiger partial charge in [-0.3, -0.25) is 4.90 Å². The minimum absolute atomic E-state index is 0.326. The summed E-state index contributed by atoms with van der Waals surface area (Å²) in [4.78, 5) is 2.40. The standard InChI is InChI=1S/C14H23N3O2/c1-11(10-17-5-7-19-8-6-17)16-14-9-12(18-2)3-4-13(14)15/h3-4,9,11,16H,5-8,10,15H2,1-2H3. The van der Waals surface area contributed by atoms with Gasteiger partial charge in [0.1, 0.15) is 5.75 Å². The average Bonchev–Trinajstić information content (AvgIpc) is 2.42. The normalized spacial score (nSPS) is 18.0. The molecule has 1 aromatic rings. The van der Waals surface area contributed by atoms with Crippen molar-refractivity contribution in [1.29, 1.82) is 0 Å². The largest absolute Gasteiger partial charge is 0.497 e. The van der Waals surface area contributed by atoms with E-state index in [9.17, 15) is 0 Å². The van der Waals surface area contributed by atoms with Crippen LogP contribution in [0.4, 0.5) is 11.4 Å². The third-order valence-corrected chi connectivity index (χ3v) is 3.30. The van der Waals surface area contributed by atoms with Crippen LogP contribution in [0.5, 0.6) is 5.75 Å². The molecule has 5 nitrogen and oxygen atoms in total. The Morgan fingerprint density at radius 1 is 1.42 bits per heavy atom. The van der Waals surface area contributed by atoms with E-state index in [2.05, 4.69) is 17.1 Å². The predicted octanol–water partition coefficient (Wildman–Crippen LogP) is 1.41. The lowest BCUT2D eigenvalue weighted by molar-refractivity contribution is 0.0368. The molecule has 19 heavy (non-hydrogen) atoms. The number of hydrogen-bond donors (Lipinski definition) is 2. The molecule has 1 fully saturated rings. The summed E-state index contributed by atoms with van der Waals surface area (Å²) in [6.45, 7) is 6.80. The van der Waals surface area contributed by atoms with E-state index in [0.29, 0.717) is 6.04 Å². The Morgan fingerprint density at radius 2 is 2.16 bits per heavy atom. The number of anilines is 2. The second kappa shape index (κ2) is 6.63. The van der Waals surface area contributed by atoms with Crippen LogP contribution in [-0.2, 0) is 4.74 Å². The predicted molar refractivity (Wildman–Crippen MR) is 77.8 cm³/mol. The summed E-state index contributed by atoms with van der Waals surface area (Å²) >= 11 is 0. The Morgan fingerprint density at radius 3 is 2.84 bits per heavy atom. The van der Waals surface area contributed by atoms with Crippen LogP contribution >= 0.6 is 0 Å². The van der Waals surface area contributed by atoms with Gasteiger partial charge in [-0.1, -0.05) is 0 Å². The highest BCUT2D eigenvalue weighted by Gasteiger charge is 2.14. The number of methoxy groups -OCH3 is 1. The Labute approximate surface area is 114 Å². The van der Waals surface area contributed by atoms with Crippen molar-refractivity contribution in [2.45, 2.75) is 13.0 Å². The van der Waals surface area contributed by atoms with Crippen molar-refractivity contribution in [2.24, 2.45) is 0 Å². The van der Waals surface area contributed by atoms with E-state index >= 15 is 0 Å². The maximum absolute atomic E-state index is 5.97. The Kier molecular flexibility index (Phi) is 4.87. The highest BCUT2D eigenvalue weighted by Crippen LogP contribution is 2.25. The molecular formula is C14H23N3O2. The molecule has 1 aliphatic heterocycles. The Bertz CT molecular complexity index is 406. The van der Waals surface area contributed by atoms with Crippen molar-refractivity contribution in [3.05, 3.63) is 18.2 Å². The fraction of sp³-hybridized carbons (Fsp3) is 0.571. The first kappa shape index (κ1) is 14.0. The van der Waals surface area contributed by atoms with E-state index in [1.54, 1.807) is 7.11 Å². The zero-order chi connectivity index (χ0) is 13.7. The van der Waals surface area contributed by atoms with E-state index in [1.165, 1.54) is 0 Å². The van der Waals surface area contributed by atoms with Gasteiger partial charge in [0.05, 0.1) is 31.7 Å². The second-order valence-corrected chi connectivity index (χ2v) is 4.91. The molecule has 1 atom stereocenters. The molecule has 0 amide bonds. The molecule has 1 aliphatic rings. The van der Waals surface area contributed by atoms with Crippen LogP contribution < -0.4 is 15.8 Å². The molecule has 5 heteroatoms. The summed E-state index contributed by atoms with van der Waals surface area (Å²) in [6, 6.07) is 5.99. The van der Waals surface area contributed by atoms with E-state index in [-0.39, 0.29) is 0 Å². The lowest BCUT2D eigenvalue weighted by atomic mass is 10.2. The van der Waals surface area contributed by atoms with Crippen molar-refractivity contribution < 1.29 is 9.47 Å². The number of ether oxygens (including phenoxy) is 2. The number of rotatable bonds is 5. The van der Waals surface area contributed by atoms with Gasteiger partial charge in [0.2, 0.25) is 0 Å². The van der Waals surface area contributed by atoms with Gasteiger partial charge < -0.3 is 20.5 Å². The molecule has 1 aromatic carbocycles. The molecule has 0 bridgehead atoms. The Hall–Kier alpha value is -1.46. The summed E-state index contributed by atoms with van der Waals surface area (Å²) in [5.74, 6) is 0.815. The van der Waals surface area contributed by atoms with Crippen molar-refractivity contribution in [1.82, 2.24) is 4.90 Å². The summed E-state index contributed by atoms with van der Waals surface area (Å²) in [6.07, 6.45) is 0. The lowest BCUT2D eigenvalue weighted by Gasteiger charge is -2.30. The van der Waals surface area contributed by atoms with Crippen molar-refractivity contribution >= 4 is 11.4 Å². The van der Waals surface area contributed by atoms with Gasteiger partial charge in [-0.25, -0.2) is 0 Å². The molecule has 0 saturated carbocycles. The molecule has 0 spiro atoms. The first-order valence-electron chi connectivity index (χ1n) is 6.69. The smallest absolute Gasteiger partial charge is 0.121 e. The number of nitrogen functional groups attached to an aromatic ring is 1. The number of morpholine rings is 1. The van der Waals surface area contributed by atoms with Crippen molar-refractivity contribution in [3.8, 4) is 5.75 Å². The SMILES string of the molecule is COc1ccc(N)c(NC(C)CN2CCOCC2)c1. The fourth-order valence-corrected chi connectivity index (χ4v) is 2.27. The number of nitrogens with zero attached hydrogens (tertiary/aromatic N) is 1. The van der Waals surface area contributed by atoms with Gasteiger partial charge in [-0.2, -0.15) is 0 Å². The average molecular weight is 265 g/mol. The number of nitrogens with two attached hydrogens (primary N) is 1. The number of nitrogens with one attached hydrogen (secondary N) is 1. The van der Waals surface area contributed by atoms with E-state index < -0.39 is 0 Å². The highest BCUT2D eigenvalue weighted by molar-refractivity contribution is 5.68. The van der Waals surface area contributed by atoms with Crippen LogP contribution in [0.3, 0.4) is 0 Å². The highest BCUT2D eigenvalue weighted by atomic mass is 16.5. The van der Waals surface area contributed by atoms with Gasteiger partial charge in [0.25, 0.3) is 0 Å². The summed E-state index contributed by atoms with van der Waals surface area (Å²) in [5, 5.41) is 3.44. The van der Waals surface area contributed by atoms with Crippen LogP contribution in [0.2, 0.25) is 0 Å². The number of benzene rings is 1. The molecular weight excluding hydrogens is 242 g/mol. The van der Waals surface area contributed by atoms with E-state index in [0.717, 1.165) is 50.0 Å². The third-order valence-electron chi connectivity index (χ3n) is 3.30. The first-order chi connectivity index (χ1) is 9.19. The molecule has 1 heterocycles. The zero-order valence-corrected chi connectivity index (χ0v) is 11.7. The molecule has 1 saturated heterocycles. The van der Waals surface area contributed by atoms with Crippen LogP contribution in [0, 0.1) is 0 Å².